The normalized spacial score (nSPS) is 21.0. The molecule has 3 nitrogen and oxygen atoms in total. The van der Waals surface area contributed by atoms with E-state index >= 15 is 0 Å². The van der Waals surface area contributed by atoms with Crippen LogP contribution in [-0.4, -0.2) is 11.8 Å². The standard InChI is InChI=1S/C16H9Cl3O3/c17-10-7-12(19)11(18)6-9(10)13-14(20)15(22-16(13)21)8-4-2-1-3-5-8/h1-7,13,15H. The van der Waals surface area contributed by atoms with Crippen molar-refractivity contribution in [2.24, 2.45) is 0 Å². The molecule has 2 aromatic carbocycles. The van der Waals surface area contributed by atoms with Gasteiger partial charge in [-0.2, -0.15) is 0 Å². The van der Waals surface area contributed by atoms with Crippen LogP contribution in [0.2, 0.25) is 15.1 Å². The molecule has 0 aliphatic carbocycles. The minimum Gasteiger partial charge on any atom is -0.449 e. The van der Waals surface area contributed by atoms with Gasteiger partial charge in [-0.3, -0.25) is 9.59 Å². The maximum atomic E-state index is 12.6. The molecule has 1 aliphatic rings. The van der Waals surface area contributed by atoms with Crippen LogP contribution in [0.5, 0.6) is 0 Å². The lowest BCUT2D eigenvalue weighted by Gasteiger charge is -2.10. The molecule has 0 bridgehead atoms. The number of esters is 1. The van der Waals surface area contributed by atoms with Gasteiger partial charge >= 0.3 is 5.97 Å². The zero-order chi connectivity index (χ0) is 15.9. The number of carbonyl (C=O) groups excluding carboxylic acids is 2. The molecule has 3 rings (SSSR count). The molecule has 1 fully saturated rings. The number of hydrogen-bond donors (Lipinski definition) is 0. The first-order valence-electron chi connectivity index (χ1n) is 6.42. The van der Waals surface area contributed by atoms with Gasteiger partial charge in [0.25, 0.3) is 0 Å². The molecule has 112 valence electrons. The summed E-state index contributed by atoms with van der Waals surface area (Å²) in [7, 11) is 0. The third-order valence-corrected chi connectivity index (χ3v) is 4.52. The van der Waals surface area contributed by atoms with Crippen molar-refractivity contribution < 1.29 is 14.3 Å². The van der Waals surface area contributed by atoms with E-state index in [-0.39, 0.29) is 20.9 Å². The van der Waals surface area contributed by atoms with E-state index in [0.29, 0.717) is 11.1 Å². The average Bonchev–Trinajstić information content (AvgIpc) is 2.79. The molecule has 1 saturated heterocycles. The minimum absolute atomic E-state index is 0.207. The van der Waals surface area contributed by atoms with Crippen molar-refractivity contribution in [3.8, 4) is 0 Å². The molecule has 6 heteroatoms. The molecular weight excluding hydrogens is 347 g/mol. The predicted molar refractivity (Wildman–Crippen MR) is 84.5 cm³/mol. The molecule has 2 unspecified atom stereocenters. The number of ketones is 1. The van der Waals surface area contributed by atoms with Gasteiger partial charge in [-0.15, -0.1) is 0 Å². The van der Waals surface area contributed by atoms with E-state index < -0.39 is 18.0 Å². The first-order valence-corrected chi connectivity index (χ1v) is 7.56. The molecule has 0 saturated carbocycles. The van der Waals surface area contributed by atoms with Gasteiger partial charge in [0.1, 0.15) is 5.92 Å². The van der Waals surface area contributed by atoms with E-state index in [9.17, 15) is 9.59 Å². The fraction of sp³-hybridized carbons (Fsp3) is 0.125. The summed E-state index contributed by atoms with van der Waals surface area (Å²) < 4.78 is 5.23. The highest BCUT2D eigenvalue weighted by Gasteiger charge is 2.46. The summed E-state index contributed by atoms with van der Waals surface area (Å²) in [6.45, 7) is 0. The van der Waals surface area contributed by atoms with Crippen LogP contribution in [0.1, 0.15) is 23.1 Å². The molecule has 0 radical (unpaired) electrons. The van der Waals surface area contributed by atoms with Crippen LogP contribution >= 0.6 is 34.8 Å². The van der Waals surface area contributed by atoms with Crippen molar-refractivity contribution in [3.63, 3.8) is 0 Å². The third kappa shape index (κ3) is 2.60. The number of benzene rings is 2. The maximum Gasteiger partial charge on any atom is 0.322 e. The summed E-state index contributed by atoms with van der Waals surface area (Å²) >= 11 is 17.9. The molecule has 2 atom stereocenters. The summed E-state index contributed by atoms with van der Waals surface area (Å²) in [5, 5.41) is 0.692. The number of cyclic esters (lactones) is 1. The quantitative estimate of drug-likeness (QED) is 0.449. The van der Waals surface area contributed by atoms with Gasteiger partial charge in [0, 0.05) is 10.6 Å². The highest BCUT2D eigenvalue weighted by Crippen LogP contribution is 2.40. The van der Waals surface area contributed by atoms with E-state index in [2.05, 4.69) is 0 Å². The largest absolute Gasteiger partial charge is 0.449 e. The maximum absolute atomic E-state index is 12.6. The Hall–Kier alpha value is -1.55. The third-order valence-electron chi connectivity index (χ3n) is 3.47. The van der Waals surface area contributed by atoms with Gasteiger partial charge in [-0.25, -0.2) is 0 Å². The Labute approximate surface area is 141 Å². The fourth-order valence-electron chi connectivity index (χ4n) is 2.41. The number of Topliss-reactive ketones (excluding diaryl/α,β-unsaturated/α-hetero) is 1. The van der Waals surface area contributed by atoms with E-state index in [0.717, 1.165) is 0 Å². The predicted octanol–water partition coefficient (Wildman–Crippen LogP) is 4.60. The van der Waals surface area contributed by atoms with Crippen LogP contribution in [0.4, 0.5) is 0 Å². The van der Waals surface area contributed by atoms with Crippen molar-refractivity contribution in [1.82, 2.24) is 0 Å². The number of rotatable bonds is 2. The number of halogens is 3. The summed E-state index contributed by atoms with van der Waals surface area (Å²) in [5.74, 6) is -2.09. The van der Waals surface area contributed by atoms with Crippen molar-refractivity contribution >= 4 is 46.6 Å². The second-order valence-corrected chi connectivity index (χ2v) is 6.07. The van der Waals surface area contributed by atoms with Crippen molar-refractivity contribution in [2.75, 3.05) is 0 Å². The minimum atomic E-state index is -1.09. The van der Waals surface area contributed by atoms with E-state index in [4.69, 9.17) is 39.5 Å². The van der Waals surface area contributed by atoms with Gasteiger partial charge in [-0.05, 0) is 17.7 Å². The lowest BCUT2D eigenvalue weighted by Crippen LogP contribution is -2.15. The van der Waals surface area contributed by atoms with Gasteiger partial charge in [0.05, 0.1) is 10.0 Å². The van der Waals surface area contributed by atoms with E-state index in [1.807, 2.05) is 6.07 Å². The van der Waals surface area contributed by atoms with Crippen molar-refractivity contribution in [3.05, 3.63) is 68.7 Å². The first-order chi connectivity index (χ1) is 10.5. The van der Waals surface area contributed by atoms with Crippen LogP contribution in [0.15, 0.2) is 42.5 Å². The number of hydrogen-bond acceptors (Lipinski definition) is 3. The summed E-state index contributed by atoms with van der Waals surface area (Å²) in [4.78, 5) is 24.7. The molecule has 0 amide bonds. The molecule has 0 spiro atoms. The van der Waals surface area contributed by atoms with E-state index in [1.165, 1.54) is 12.1 Å². The Morgan fingerprint density at radius 3 is 2.18 bits per heavy atom. The van der Waals surface area contributed by atoms with Gasteiger partial charge < -0.3 is 4.74 Å². The summed E-state index contributed by atoms with van der Waals surface area (Å²) in [5.41, 5.74) is 0.934. The zero-order valence-corrected chi connectivity index (χ0v) is 13.3. The van der Waals surface area contributed by atoms with Gasteiger partial charge in [-0.1, -0.05) is 65.1 Å². The monoisotopic (exact) mass is 354 g/mol. The Bertz CT molecular complexity index is 759. The van der Waals surface area contributed by atoms with Crippen LogP contribution in [0.3, 0.4) is 0 Å². The Kier molecular flexibility index (Phi) is 4.13. The number of ether oxygens (including phenoxy) is 1. The van der Waals surface area contributed by atoms with Crippen LogP contribution in [-0.2, 0) is 14.3 Å². The zero-order valence-electron chi connectivity index (χ0n) is 11.1. The Morgan fingerprint density at radius 1 is 0.864 bits per heavy atom. The van der Waals surface area contributed by atoms with Crippen LogP contribution in [0, 0.1) is 0 Å². The van der Waals surface area contributed by atoms with Gasteiger partial charge in [0.15, 0.2) is 11.9 Å². The van der Waals surface area contributed by atoms with Crippen LogP contribution in [0.25, 0.3) is 0 Å². The molecule has 1 aliphatic heterocycles. The smallest absolute Gasteiger partial charge is 0.322 e. The van der Waals surface area contributed by atoms with Crippen molar-refractivity contribution in [2.45, 2.75) is 12.0 Å². The van der Waals surface area contributed by atoms with E-state index in [1.54, 1.807) is 24.3 Å². The topological polar surface area (TPSA) is 43.4 Å². The second-order valence-electron chi connectivity index (χ2n) is 4.85. The lowest BCUT2D eigenvalue weighted by molar-refractivity contribution is -0.143. The lowest BCUT2D eigenvalue weighted by atomic mass is 9.92. The fourth-order valence-corrected chi connectivity index (χ4v) is 3.07. The molecular formula is C16H9Cl3O3. The molecule has 0 aromatic heterocycles. The first kappa shape index (κ1) is 15.3. The van der Waals surface area contributed by atoms with Crippen LogP contribution < -0.4 is 0 Å². The highest BCUT2D eigenvalue weighted by atomic mass is 35.5. The number of carbonyl (C=O) groups is 2. The second kappa shape index (κ2) is 5.92. The average molecular weight is 356 g/mol. The van der Waals surface area contributed by atoms with Gasteiger partial charge in [0.2, 0.25) is 0 Å². The molecule has 2 aromatic rings. The van der Waals surface area contributed by atoms with Crippen molar-refractivity contribution in [1.29, 1.82) is 0 Å². The molecule has 1 heterocycles. The SMILES string of the molecule is O=C1OC(c2ccccc2)C(=O)C1c1cc(Cl)c(Cl)cc1Cl. The summed E-state index contributed by atoms with van der Waals surface area (Å²) in [6, 6.07) is 11.7. The highest BCUT2D eigenvalue weighted by molar-refractivity contribution is 6.43. The Morgan fingerprint density at radius 2 is 1.50 bits per heavy atom. The summed E-state index contributed by atoms with van der Waals surface area (Å²) in [6.07, 6.45) is -0.927. The molecule has 0 N–H and O–H groups in total. The molecule has 22 heavy (non-hydrogen) atoms. The Balaban J connectivity index is 2.01.